The number of rotatable bonds is 5. The average Bonchev–Trinajstić information content (AvgIpc) is 3.45. The Morgan fingerprint density at radius 3 is 2.61 bits per heavy atom. The summed E-state index contributed by atoms with van der Waals surface area (Å²) in [7, 11) is 0. The van der Waals surface area contributed by atoms with Crippen LogP contribution in [0, 0.1) is 5.82 Å². The summed E-state index contributed by atoms with van der Waals surface area (Å²) in [4.78, 5) is 25.2. The molecule has 0 unspecified atom stereocenters. The number of nitrogens with one attached hydrogen (secondary N) is 3. The van der Waals surface area contributed by atoms with Crippen molar-refractivity contribution in [3.05, 3.63) is 77.0 Å². The van der Waals surface area contributed by atoms with Crippen LogP contribution in [-0.2, 0) is 6.54 Å². The largest absolute Gasteiger partial charge is 0.382 e. The monoisotopic (exact) mass is 508 g/mol. The molecule has 0 radical (unpaired) electrons. The number of anilines is 1. The summed E-state index contributed by atoms with van der Waals surface area (Å²) < 4.78 is 13.9. The Balaban J connectivity index is 0.000000445. The van der Waals surface area contributed by atoms with Crippen LogP contribution < -0.4 is 16.4 Å². The summed E-state index contributed by atoms with van der Waals surface area (Å²) in [5.74, 6) is -0.242. The zero-order valence-corrected chi connectivity index (χ0v) is 20.2. The van der Waals surface area contributed by atoms with Crippen LogP contribution in [0.2, 0.25) is 5.02 Å². The van der Waals surface area contributed by atoms with Crippen LogP contribution in [0.5, 0.6) is 0 Å². The first-order chi connectivity index (χ1) is 17.5. The number of hydrogen-bond donors (Lipinski definition) is 4. The Morgan fingerprint density at radius 1 is 1.11 bits per heavy atom. The molecule has 3 heterocycles. The third-order valence-electron chi connectivity index (χ3n) is 5.52. The van der Waals surface area contributed by atoms with Gasteiger partial charge in [-0.2, -0.15) is 5.10 Å². The molecule has 2 aromatic heterocycles. The van der Waals surface area contributed by atoms with E-state index in [4.69, 9.17) is 17.3 Å². The molecule has 0 spiro atoms. The van der Waals surface area contributed by atoms with Crippen LogP contribution in [0.3, 0.4) is 0 Å². The number of nitrogens with two attached hydrogens (primary N) is 1. The molecular weight excluding hydrogens is 483 g/mol. The van der Waals surface area contributed by atoms with E-state index in [2.05, 4.69) is 35.8 Å². The maximum atomic E-state index is 13.9. The Hall–Kier alpha value is -3.89. The first kappa shape index (κ1) is 25.2. The van der Waals surface area contributed by atoms with Crippen LogP contribution in [-0.4, -0.2) is 44.1 Å². The van der Waals surface area contributed by atoms with Crippen molar-refractivity contribution in [2.24, 2.45) is 0 Å². The van der Waals surface area contributed by atoms with Crippen LogP contribution in [0.25, 0.3) is 22.8 Å². The van der Waals surface area contributed by atoms with Crippen molar-refractivity contribution in [1.82, 2.24) is 35.8 Å². The van der Waals surface area contributed by atoms with Gasteiger partial charge in [-0.05, 0) is 50.2 Å². The molecule has 5 N–H and O–H groups in total. The molecule has 5 rings (SSSR count). The fourth-order valence-electron chi connectivity index (χ4n) is 3.60. The predicted molar refractivity (Wildman–Crippen MR) is 137 cm³/mol. The van der Waals surface area contributed by atoms with Gasteiger partial charge in [0.25, 0.3) is 5.91 Å². The quantitative estimate of drug-likeness (QED) is 0.320. The highest BCUT2D eigenvalue weighted by molar-refractivity contribution is 6.30. The molecule has 186 valence electrons. The molecular formula is C25H26ClFN8O. The number of benzene rings is 2. The average molecular weight is 509 g/mol. The minimum absolute atomic E-state index is 0.0311. The lowest BCUT2D eigenvalue weighted by molar-refractivity contribution is 0.0950. The van der Waals surface area contributed by atoms with Crippen molar-refractivity contribution < 1.29 is 9.18 Å². The molecule has 11 heteroatoms. The number of carbonyl (C=O) groups is 1. The van der Waals surface area contributed by atoms with E-state index in [0.29, 0.717) is 38.9 Å². The van der Waals surface area contributed by atoms with Crippen molar-refractivity contribution in [3.63, 3.8) is 0 Å². The number of aromatic amines is 1. The van der Waals surface area contributed by atoms with Crippen LogP contribution in [0.4, 0.5) is 10.2 Å². The lowest BCUT2D eigenvalue weighted by atomic mass is 10.1. The van der Waals surface area contributed by atoms with E-state index in [1.165, 1.54) is 57.0 Å². The van der Waals surface area contributed by atoms with Gasteiger partial charge in [0, 0.05) is 28.3 Å². The Morgan fingerprint density at radius 2 is 1.94 bits per heavy atom. The third kappa shape index (κ3) is 6.61. The van der Waals surface area contributed by atoms with E-state index in [0.717, 1.165) is 0 Å². The van der Waals surface area contributed by atoms with Gasteiger partial charge >= 0.3 is 0 Å². The van der Waals surface area contributed by atoms with Gasteiger partial charge in [-0.25, -0.2) is 19.3 Å². The minimum Gasteiger partial charge on any atom is -0.382 e. The Labute approximate surface area is 212 Å². The van der Waals surface area contributed by atoms with Crippen LogP contribution in [0.15, 0.2) is 55.0 Å². The second-order valence-corrected chi connectivity index (χ2v) is 8.57. The summed E-state index contributed by atoms with van der Waals surface area (Å²) in [5.41, 5.74) is 8.15. The second kappa shape index (κ2) is 12.2. The van der Waals surface area contributed by atoms with Crippen molar-refractivity contribution in [1.29, 1.82) is 0 Å². The SMILES string of the molecule is C1CCNCC1.Nc1ncc(-c2cccc(C(=O)NCc3ccc(Cl)cc3F)c2)nc1-c1ncn[nH]1. The van der Waals surface area contributed by atoms with E-state index in [9.17, 15) is 9.18 Å². The lowest BCUT2D eigenvalue weighted by Crippen LogP contribution is -2.23. The van der Waals surface area contributed by atoms with Crippen LogP contribution >= 0.6 is 11.6 Å². The van der Waals surface area contributed by atoms with Crippen molar-refractivity contribution >= 4 is 23.3 Å². The number of H-pyrrole nitrogens is 1. The molecule has 9 nitrogen and oxygen atoms in total. The number of amides is 1. The molecule has 0 aliphatic carbocycles. The molecule has 0 atom stereocenters. The van der Waals surface area contributed by atoms with Crippen molar-refractivity contribution in [3.8, 4) is 22.8 Å². The lowest BCUT2D eigenvalue weighted by Gasteiger charge is -2.09. The van der Waals surface area contributed by atoms with Crippen molar-refractivity contribution in [2.45, 2.75) is 25.8 Å². The highest BCUT2D eigenvalue weighted by atomic mass is 35.5. The molecule has 0 saturated carbocycles. The molecule has 4 aromatic rings. The van der Waals surface area contributed by atoms with Gasteiger partial charge in [-0.3, -0.25) is 9.89 Å². The van der Waals surface area contributed by atoms with E-state index in [1.807, 2.05) is 0 Å². The standard InChI is InChI=1S/C20H15ClFN7O.C5H11N/c21-14-5-4-13(15(22)7-14)8-25-20(30)12-3-1-2-11(6-12)16-9-24-18(23)17(28-16)19-26-10-27-29-19;1-2-4-6-5-3-1/h1-7,9-10H,8H2,(H2,23,24)(H,25,30)(H,26,27,29);6H,1-5H2. The fourth-order valence-corrected chi connectivity index (χ4v) is 3.75. The molecule has 2 aromatic carbocycles. The maximum absolute atomic E-state index is 13.9. The number of piperidine rings is 1. The molecule has 36 heavy (non-hydrogen) atoms. The summed E-state index contributed by atoms with van der Waals surface area (Å²) in [5, 5.41) is 12.8. The molecule has 1 aliphatic heterocycles. The Kier molecular flexibility index (Phi) is 8.53. The van der Waals surface area contributed by atoms with Gasteiger partial charge in [0.1, 0.15) is 17.8 Å². The number of aromatic nitrogens is 5. The highest BCUT2D eigenvalue weighted by Gasteiger charge is 2.13. The van der Waals surface area contributed by atoms with E-state index >= 15 is 0 Å². The van der Waals surface area contributed by atoms with Gasteiger partial charge in [0.2, 0.25) is 0 Å². The Bertz CT molecular complexity index is 1300. The number of hydrogen-bond acceptors (Lipinski definition) is 7. The van der Waals surface area contributed by atoms with E-state index in [1.54, 1.807) is 30.3 Å². The minimum atomic E-state index is -0.478. The van der Waals surface area contributed by atoms with Gasteiger partial charge < -0.3 is 16.4 Å². The smallest absolute Gasteiger partial charge is 0.251 e. The topological polar surface area (TPSA) is 134 Å². The third-order valence-corrected chi connectivity index (χ3v) is 5.76. The molecule has 1 amide bonds. The zero-order valence-electron chi connectivity index (χ0n) is 19.5. The molecule has 0 bridgehead atoms. The summed E-state index contributed by atoms with van der Waals surface area (Å²) >= 11 is 5.75. The highest BCUT2D eigenvalue weighted by Crippen LogP contribution is 2.24. The second-order valence-electron chi connectivity index (χ2n) is 8.13. The summed E-state index contributed by atoms with van der Waals surface area (Å²) in [6, 6.07) is 11.1. The predicted octanol–water partition coefficient (Wildman–Crippen LogP) is 3.99. The van der Waals surface area contributed by atoms with Gasteiger partial charge in [-0.15, -0.1) is 0 Å². The molecule has 1 saturated heterocycles. The fraction of sp³-hybridized carbons (Fsp3) is 0.240. The molecule has 1 fully saturated rings. The number of nitrogens with zero attached hydrogens (tertiary/aromatic N) is 4. The summed E-state index contributed by atoms with van der Waals surface area (Å²) in [6.45, 7) is 2.53. The number of halogens is 2. The van der Waals surface area contributed by atoms with E-state index < -0.39 is 5.82 Å². The maximum Gasteiger partial charge on any atom is 0.251 e. The number of carbonyl (C=O) groups excluding carboxylic acids is 1. The first-order valence-corrected chi connectivity index (χ1v) is 11.9. The van der Waals surface area contributed by atoms with E-state index in [-0.39, 0.29) is 18.3 Å². The van der Waals surface area contributed by atoms with Crippen LogP contribution in [0.1, 0.15) is 35.2 Å². The van der Waals surface area contributed by atoms with Gasteiger partial charge in [-0.1, -0.05) is 36.2 Å². The van der Waals surface area contributed by atoms with Crippen molar-refractivity contribution in [2.75, 3.05) is 18.8 Å². The summed E-state index contributed by atoms with van der Waals surface area (Å²) in [6.07, 6.45) is 7.07. The normalized spacial score (nSPS) is 12.9. The molecule has 1 aliphatic rings. The number of nitrogen functional groups attached to an aromatic ring is 1. The van der Waals surface area contributed by atoms with Gasteiger partial charge in [0.05, 0.1) is 11.9 Å². The first-order valence-electron chi connectivity index (χ1n) is 11.5. The van der Waals surface area contributed by atoms with Gasteiger partial charge in [0.15, 0.2) is 11.6 Å². The zero-order chi connectivity index (χ0) is 25.3.